The first-order valence-corrected chi connectivity index (χ1v) is 6.82. The third-order valence-corrected chi connectivity index (χ3v) is 5.04. The maximum atomic E-state index is 12.4. The molecule has 1 heterocycles. The number of carboxylic acid groups (broad SMARTS) is 1. The van der Waals surface area contributed by atoms with Gasteiger partial charge in [-0.2, -0.15) is 0 Å². The van der Waals surface area contributed by atoms with Gasteiger partial charge >= 0.3 is 5.97 Å². The molecule has 2 N–H and O–H groups in total. The van der Waals surface area contributed by atoms with Crippen molar-refractivity contribution in [1.82, 2.24) is 4.31 Å². The van der Waals surface area contributed by atoms with E-state index in [9.17, 15) is 9.00 Å². The highest BCUT2D eigenvalue weighted by molar-refractivity contribution is 7.90. The van der Waals surface area contributed by atoms with Crippen LogP contribution in [-0.2, 0) is 9.92 Å². The van der Waals surface area contributed by atoms with Gasteiger partial charge < -0.3 is 5.11 Å². The van der Waals surface area contributed by atoms with Crippen LogP contribution in [0.25, 0.3) is 0 Å². The molecule has 0 spiro atoms. The standard InChI is InChI=1S/C11H14N2O3S/c1-8-3-4-9(11(14)15)7-10(8)17(12,16)13-5-2-6-13/h3-4,7,12H,2,5-6H2,1H3,(H,14,15). The number of nitrogens with one attached hydrogen (secondary N) is 1. The molecule has 1 fully saturated rings. The van der Waals surface area contributed by atoms with E-state index in [0.29, 0.717) is 23.5 Å². The lowest BCUT2D eigenvalue weighted by atomic mass is 10.1. The van der Waals surface area contributed by atoms with E-state index in [2.05, 4.69) is 0 Å². The van der Waals surface area contributed by atoms with Gasteiger partial charge in [0.05, 0.1) is 10.5 Å². The molecule has 1 aromatic carbocycles. The Bertz CT molecular complexity index is 562. The van der Waals surface area contributed by atoms with Gasteiger partial charge in [-0.3, -0.25) is 0 Å². The van der Waals surface area contributed by atoms with Gasteiger partial charge in [-0.1, -0.05) is 6.07 Å². The zero-order valence-electron chi connectivity index (χ0n) is 9.47. The summed E-state index contributed by atoms with van der Waals surface area (Å²) < 4.78 is 21.9. The van der Waals surface area contributed by atoms with Crippen LogP contribution in [0.15, 0.2) is 23.1 Å². The zero-order chi connectivity index (χ0) is 12.6. The molecular weight excluding hydrogens is 240 g/mol. The molecule has 17 heavy (non-hydrogen) atoms. The summed E-state index contributed by atoms with van der Waals surface area (Å²) in [5, 5.41) is 8.91. The third-order valence-electron chi connectivity index (χ3n) is 2.91. The average molecular weight is 254 g/mol. The van der Waals surface area contributed by atoms with Gasteiger partial charge in [0.25, 0.3) is 0 Å². The first-order chi connectivity index (χ1) is 7.93. The maximum absolute atomic E-state index is 12.4. The van der Waals surface area contributed by atoms with E-state index in [1.807, 2.05) is 0 Å². The van der Waals surface area contributed by atoms with Crippen LogP contribution in [-0.4, -0.2) is 32.7 Å². The van der Waals surface area contributed by atoms with Crippen molar-refractivity contribution >= 4 is 15.9 Å². The predicted molar refractivity (Wildman–Crippen MR) is 63.5 cm³/mol. The minimum atomic E-state index is -3.02. The highest BCUT2D eigenvalue weighted by Crippen LogP contribution is 2.25. The lowest BCUT2D eigenvalue weighted by Crippen LogP contribution is -2.41. The van der Waals surface area contributed by atoms with Gasteiger partial charge in [-0.25, -0.2) is 18.1 Å². The van der Waals surface area contributed by atoms with Gasteiger partial charge in [-0.15, -0.1) is 0 Å². The van der Waals surface area contributed by atoms with Crippen molar-refractivity contribution < 1.29 is 14.1 Å². The molecule has 0 aliphatic carbocycles. The topological polar surface area (TPSA) is 81.5 Å². The molecule has 1 unspecified atom stereocenters. The molecule has 0 saturated carbocycles. The van der Waals surface area contributed by atoms with Crippen molar-refractivity contribution in [3.8, 4) is 0 Å². The average Bonchev–Trinajstić information content (AvgIpc) is 2.13. The SMILES string of the molecule is Cc1ccc(C(=O)O)cc1S(=N)(=O)N1CCC1. The molecule has 6 heteroatoms. The molecule has 1 aliphatic heterocycles. The Morgan fingerprint density at radius 1 is 1.47 bits per heavy atom. The summed E-state index contributed by atoms with van der Waals surface area (Å²) in [7, 11) is -3.02. The monoisotopic (exact) mass is 254 g/mol. The van der Waals surface area contributed by atoms with Gasteiger partial charge in [0.2, 0.25) is 0 Å². The van der Waals surface area contributed by atoms with Crippen LogP contribution in [0.4, 0.5) is 0 Å². The molecule has 2 rings (SSSR count). The highest BCUT2D eigenvalue weighted by Gasteiger charge is 2.27. The van der Waals surface area contributed by atoms with Crippen molar-refractivity contribution in [3.05, 3.63) is 29.3 Å². The summed E-state index contributed by atoms with van der Waals surface area (Å²) in [6, 6.07) is 4.42. The number of nitrogens with zero attached hydrogens (tertiary/aromatic N) is 1. The smallest absolute Gasteiger partial charge is 0.335 e. The molecule has 0 aromatic heterocycles. The summed E-state index contributed by atoms with van der Waals surface area (Å²) >= 11 is 0. The Balaban J connectivity index is 2.50. The Morgan fingerprint density at radius 2 is 2.12 bits per heavy atom. The van der Waals surface area contributed by atoms with E-state index >= 15 is 0 Å². The highest BCUT2D eigenvalue weighted by atomic mass is 32.2. The Hall–Kier alpha value is -1.40. The fourth-order valence-corrected chi connectivity index (χ4v) is 3.56. The molecule has 1 aliphatic rings. The van der Waals surface area contributed by atoms with Crippen molar-refractivity contribution in [2.24, 2.45) is 0 Å². The number of carboxylic acids is 1. The van der Waals surface area contributed by atoms with Crippen LogP contribution < -0.4 is 0 Å². The first-order valence-electron chi connectivity index (χ1n) is 5.31. The van der Waals surface area contributed by atoms with Crippen molar-refractivity contribution in [2.45, 2.75) is 18.2 Å². The normalized spacial score (nSPS) is 19.4. The lowest BCUT2D eigenvalue weighted by molar-refractivity contribution is 0.0696. The molecular formula is C11H14N2O3S. The van der Waals surface area contributed by atoms with E-state index in [-0.39, 0.29) is 5.56 Å². The van der Waals surface area contributed by atoms with E-state index < -0.39 is 15.9 Å². The number of hydrogen-bond donors (Lipinski definition) is 2. The van der Waals surface area contributed by atoms with E-state index in [1.54, 1.807) is 17.3 Å². The molecule has 5 nitrogen and oxygen atoms in total. The largest absolute Gasteiger partial charge is 0.478 e. The Kier molecular flexibility index (Phi) is 2.92. The predicted octanol–water partition coefficient (Wildman–Crippen LogP) is 1.72. The molecule has 1 saturated heterocycles. The van der Waals surface area contributed by atoms with Gasteiger partial charge in [0.15, 0.2) is 0 Å². The molecule has 0 amide bonds. The van der Waals surface area contributed by atoms with Crippen LogP contribution in [0.2, 0.25) is 0 Å². The quantitative estimate of drug-likeness (QED) is 0.861. The van der Waals surface area contributed by atoms with Crippen LogP contribution in [0.3, 0.4) is 0 Å². The molecule has 1 aromatic rings. The van der Waals surface area contributed by atoms with E-state index in [4.69, 9.17) is 9.89 Å². The number of aryl methyl sites for hydroxylation is 1. The lowest BCUT2D eigenvalue weighted by Gasteiger charge is -2.32. The van der Waals surface area contributed by atoms with Crippen molar-refractivity contribution in [1.29, 1.82) is 4.78 Å². The number of benzene rings is 1. The van der Waals surface area contributed by atoms with Crippen LogP contribution in [0.5, 0.6) is 0 Å². The van der Waals surface area contributed by atoms with Crippen molar-refractivity contribution in [3.63, 3.8) is 0 Å². The molecule has 1 atom stereocenters. The number of hydrogen-bond acceptors (Lipinski definition) is 3. The first kappa shape index (κ1) is 12.1. The van der Waals surface area contributed by atoms with Gasteiger partial charge in [-0.05, 0) is 31.0 Å². The minimum absolute atomic E-state index is 0.0751. The fraction of sp³-hybridized carbons (Fsp3) is 0.364. The fourth-order valence-electron chi connectivity index (χ4n) is 1.71. The summed E-state index contributed by atoms with van der Waals surface area (Å²) in [6.45, 7) is 3.02. The van der Waals surface area contributed by atoms with Crippen LogP contribution in [0, 0.1) is 11.7 Å². The summed E-state index contributed by atoms with van der Waals surface area (Å²) in [6.07, 6.45) is 0.938. The zero-order valence-corrected chi connectivity index (χ0v) is 10.3. The minimum Gasteiger partial charge on any atom is -0.478 e. The van der Waals surface area contributed by atoms with Crippen LogP contribution in [0.1, 0.15) is 22.3 Å². The number of rotatable bonds is 3. The van der Waals surface area contributed by atoms with Crippen LogP contribution >= 0.6 is 0 Å². The Labute approximate surface area is 100 Å². The second kappa shape index (κ2) is 4.12. The molecule has 92 valence electrons. The van der Waals surface area contributed by atoms with Crippen molar-refractivity contribution in [2.75, 3.05) is 13.1 Å². The molecule has 0 radical (unpaired) electrons. The van der Waals surface area contributed by atoms with E-state index in [0.717, 1.165) is 6.42 Å². The van der Waals surface area contributed by atoms with E-state index in [1.165, 1.54) is 12.1 Å². The van der Waals surface area contributed by atoms with Gasteiger partial charge in [0, 0.05) is 13.1 Å². The maximum Gasteiger partial charge on any atom is 0.335 e. The summed E-state index contributed by atoms with van der Waals surface area (Å²) in [4.78, 5) is 11.2. The summed E-state index contributed by atoms with van der Waals surface area (Å²) in [5.41, 5.74) is 0.771. The second-order valence-corrected chi connectivity index (χ2v) is 6.10. The summed E-state index contributed by atoms with van der Waals surface area (Å²) in [5.74, 6) is -1.06. The number of aromatic carboxylic acids is 1. The second-order valence-electron chi connectivity index (χ2n) is 4.09. The third kappa shape index (κ3) is 2.05. The van der Waals surface area contributed by atoms with Gasteiger partial charge in [0.1, 0.15) is 9.92 Å². The Morgan fingerprint density at radius 3 is 2.59 bits per heavy atom. The number of carbonyl (C=O) groups is 1. The molecule has 0 bridgehead atoms.